The van der Waals surface area contributed by atoms with Crippen LogP contribution in [-0.2, 0) is 4.79 Å². The molecular weight excluding hydrogens is 258 g/mol. The van der Waals surface area contributed by atoms with E-state index in [9.17, 15) is 9.59 Å². The van der Waals surface area contributed by atoms with E-state index in [0.717, 1.165) is 25.6 Å². The summed E-state index contributed by atoms with van der Waals surface area (Å²) in [5.41, 5.74) is 0. The number of hydrogen-bond donors (Lipinski definition) is 3. The second kappa shape index (κ2) is 6.92. The van der Waals surface area contributed by atoms with E-state index in [1.54, 1.807) is 6.92 Å². The van der Waals surface area contributed by atoms with Crippen LogP contribution in [0, 0.1) is 5.92 Å². The predicted octanol–water partition coefficient (Wildman–Crippen LogP) is 1.02. The highest BCUT2D eigenvalue weighted by Crippen LogP contribution is 2.29. The van der Waals surface area contributed by atoms with Gasteiger partial charge in [0.1, 0.15) is 0 Å². The third kappa shape index (κ3) is 4.67. The molecule has 2 fully saturated rings. The zero-order valence-corrected chi connectivity index (χ0v) is 12.1. The number of carbonyl (C=O) groups is 2. The molecule has 1 aliphatic carbocycles. The highest BCUT2D eigenvalue weighted by molar-refractivity contribution is 5.74. The summed E-state index contributed by atoms with van der Waals surface area (Å²) in [6, 6.07) is 0.895. The lowest BCUT2D eigenvalue weighted by molar-refractivity contribution is -0.141. The predicted molar refractivity (Wildman–Crippen MR) is 75.6 cm³/mol. The summed E-state index contributed by atoms with van der Waals surface area (Å²) in [5.74, 6) is -1.12. The molecule has 2 amide bonds. The second-order valence-corrected chi connectivity index (χ2v) is 5.99. The van der Waals surface area contributed by atoms with Crippen LogP contribution in [0.3, 0.4) is 0 Å². The molecule has 114 valence electrons. The fraction of sp³-hybridized carbons (Fsp3) is 0.857. The summed E-state index contributed by atoms with van der Waals surface area (Å²) >= 11 is 0. The quantitative estimate of drug-likeness (QED) is 0.609. The van der Waals surface area contributed by atoms with Crippen LogP contribution in [0.2, 0.25) is 0 Å². The van der Waals surface area contributed by atoms with Crippen molar-refractivity contribution in [1.29, 1.82) is 0 Å². The monoisotopic (exact) mass is 283 g/mol. The van der Waals surface area contributed by atoms with Crippen molar-refractivity contribution in [3.8, 4) is 0 Å². The first-order valence-electron chi connectivity index (χ1n) is 7.57. The Bertz CT molecular complexity index is 358. The van der Waals surface area contributed by atoms with E-state index in [1.807, 2.05) is 0 Å². The van der Waals surface area contributed by atoms with Crippen LogP contribution < -0.4 is 10.6 Å². The third-order valence-electron chi connectivity index (χ3n) is 4.14. The molecule has 0 radical (unpaired) electrons. The second-order valence-electron chi connectivity index (χ2n) is 5.99. The van der Waals surface area contributed by atoms with Crippen molar-refractivity contribution in [2.24, 2.45) is 5.92 Å². The Kier molecular flexibility index (Phi) is 5.23. The van der Waals surface area contributed by atoms with E-state index in [1.165, 1.54) is 12.8 Å². The Morgan fingerprint density at radius 2 is 2.10 bits per heavy atom. The van der Waals surface area contributed by atoms with Gasteiger partial charge in [0, 0.05) is 31.7 Å². The zero-order valence-electron chi connectivity index (χ0n) is 12.1. The maximum atomic E-state index is 11.7. The van der Waals surface area contributed by atoms with Crippen molar-refractivity contribution in [2.75, 3.05) is 19.6 Å². The number of urea groups is 1. The van der Waals surface area contributed by atoms with E-state index in [0.29, 0.717) is 19.4 Å². The van der Waals surface area contributed by atoms with E-state index >= 15 is 0 Å². The number of carbonyl (C=O) groups excluding carboxylic acids is 1. The molecule has 0 aromatic rings. The molecule has 0 aromatic heterocycles. The van der Waals surface area contributed by atoms with Crippen molar-refractivity contribution >= 4 is 12.0 Å². The Morgan fingerprint density at radius 1 is 1.35 bits per heavy atom. The first kappa shape index (κ1) is 15.1. The molecule has 6 nitrogen and oxygen atoms in total. The number of carboxylic acids is 1. The summed E-state index contributed by atoms with van der Waals surface area (Å²) in [7, 11) is 0. The minimum Gasteiger partial charge on any atom is -0.481 e. The highest BCUT2D eigenvalue weighted by Gasteiger charge is 2.34. The molecule has 2 atom stereocenters. The van der Waals surface area contributed by atoms with Gasteiger partial charge in [0.15, 0.2) is 0 Å². The van der Waals surface area contributed by atoms with Crippen LogP contribution in [0.4, 0.5) is 4.79 Å². The summed E-state index contributed by atoms with van der Waals surface area (Å²) in [4.78, 5) is 24.8. The Balaban J connectivity index is 1.53. The molecule has 20 heavy (non-hydrogen) atoms. The average molecular weight is 283 g/mol. The summed E-state index contributed by atoms with van der Waals surface area (Å²) in [6.45, 7) is 4.27. The molecule has 3 N–H and O–H groups in total. The molecule has 1 saturated heterocycles. The van der Waals surface area contributed by atoms with Gasteiger partial charge < -0.3 is 15.7 Å². The zero-order chi connectivity index (χ0) is 14.5. The Hall–Kier alpha value is -1.30. The van der Waals surface area contributed by atoms with Gasteiger partial charge in [0.2, 0.25) is 0 Å². The maximum Gasteiger partial charge on any atom is 0.315 e. The van der Waals surface area contributed by atoms with Crippen LogP contribution in [0.5, 0.6) is 0 Å². The van der Waals surface area contributed by atoms with Gasteiger partial charge in [-0.2, -0.15) is 0 Å². The lowest BCUT2D eigenvalue weighted by Gasteiger charge is -2.16. The number of nitrogens with one attached hydrogen (secondary N) is 2. The van der Waals surface area contributed by atoms with Crippen LogP contribution >= 0.6 is 0 Å². The van der Waals surface area contributed by atoms with E-state index in [4.69, 9.17) is 5.11 Å². The van der Waals surface area contributed by atoms with Gasteiger partial charge in [-0.15, -0.1) is 0 Å². The van der Waals surface area contributed by atoms with E-state index in [2.05, 4.69) is 15.5 Å². The maximum absolute atomic E-state index is 11.7. The summed E-state index contributed by atoms with van der Waals surface area (Å²) < 4.78 is 0. The molecule has 1 aliphatic heterocycles. The minimum absolute atomic E-state index is 0.129. The van der Waals surface area contributed by atoms with Crippen molar-refractivity contribution in [1.82, 2.24) is 15.5 Å². The molecule has 2 unspecified atom stereocenters. The molecule has 0 aromatic carbocycles. The van der Waals surface area contributed by atoms with Gasteiger partial charge in [0.05, 0.1) is 5.92 Å². The topological polar surface area (TPSA) is 81.7 Å². The summed E-state index contributed by atoms with van der Waals surface area (Å²) in [5, 5.41) is 14.5. The Morgan fingerprint density at radius 3 is 2.75 bits per heavy atom. The molecule has 0 spiro atoms. The normalized spacial score (nSPS) is 24.4. The van der Waals surface area contributed by atoms with Crippen LogP contribution in [0.25, 0.3) is 0 Å². The molecule has 2 rings (SSSR count). The van der Waals surface area contributed by atoms with Crippen molar-refractivity contribution in [3.63, 3.8) is 0 Å². The minimum atomic E-state index is -0.777. The van der Waals surface area contributed by atoms with E-state index < -0.39 is 5.97 Å². The fourth-order valence-electron chi connectivity index (χ4n) is 2.65. The van der Waals surface area contributed by atoms with Gasteiger partial charge in [-0.05, 0) is 32.1 Å². The first-order valence-corrected chi connectivity index (χ1v) is 7.57. The lowest BCUT2D eigenvalue weighted by Crippen LogP contribution is -2.43. The number of aliphatic carboxylic acids is 1. The lowest BCUT2D eigenvalue weighted by atomic mass is 10.1. The molecule has 1 heterocycles. The molecular formula is C14H25N3O3. The number of likely N-dealkylation sites (tertiary alicyclic amines) is 1. The SMILES string of the molecule is CC(CCCNC(=O)NC1CCN(C2CC2)C1)C(=O)O. The smallest absolute Gasteiger partial charge is 0.315 e. The number of nitrogens with zero attached hydrogens (tertiary/aromatic N) is 1. The van der Waals surface area contributed by atoms with Gasteiger partial charge >= 0.3 is 12.0 Å². The number of rotatable bonds is 7. The summed E-state index contributed by atoms with van der Waals surface area (Å²) in [6.07, 6.45) is 4.93. The molecule has 2 aliphatic rings. The largest absolute Gasteiger partial charge is 0.481 e. The third-order valence-corrected chi connectivity index (χ3v) is 4.14. The Labute approximate surface area is 119 Å². The van der Waals surface area contributed by atoms with Crippen LogP contribution in [0.15, 0.2) is 0 Å². The van der Waals surface area contributed by atoms with Gasteiger partial charge in [0.25, 0.3) is 0 Å². The number of amides is 2. The molecule has 1 saturated carbocycles. The average Bonchev–Trinajstić information content (AvgIpc) is 3.15. The van der Waals surface area contributed by atoms with Gasteiger partial charge in [-0.25, -0.2) is 4.79 Å². The number of hydrogen-bond acceptors (Lipinski definition) is 3. The van der Waals surface area contributed by atoms with Crippen molar-refractivity contribution in [2.45, 2.75) is 51.1 Å². The standard InChI is InChI=1S/C14H25N3O3/c1-10(13(18)19)3-2-7-15-14(20)16-11-6-8-17(9-11)12-4-5-12/h10-12H,2-9H2,1H3,(H,18,19)(H2,15,16,20). The van der Waals surface area contributed by atoms with E-state index in [-0.39, 0.29) is 18.0 Å². The highest BCUT2D eigenvalue weighted by atomic mass is 16.4. The van der Waals surface area contributed by atoms with Crippen LogP contribution in [0.1, 0.15) is 39.0 Å². The van der Waals surface area contributed by atoms with Crippen molar-refractivity contribution < 1.29 is 14.7 Å². The fourth-order valence-corrected chi connectivity index (χ4v) is 2.65. The van der Waals surface area contributed by atoms with Crippen LogP contribution in [-0.4, -0.2) is 53.7 Å². The van der Waals surface area contributed by atoms with Crippen molar-refractivity contribution in [3.05, 3.63) is 0 Å². The van der Waals surface area contributed by atoms with Gasteiger partial charge in [-0.1, -0.05) is 6.92 Å². The molecule has 0 bridgehead atoms. The molecule has 6 heteroatoms. The first-order chi connectivity index (χ1) is 9.56. The van der Waals surface area contributed by atoms with Gasteiger partial charge in [-0.3, -0.25) is 9.69 Å². The number of carboxylic acid groups (broad SMARTS) is 1.